The molecule has 0 amide bonds. The number of hydrogen-bond donors (Lipinski definition) is 1. The number of aromatic nitrogens is 3. The van der Waals surface area contributed by atoms with Crippen LogP contribution in [0.2, 0.25) is 0 Å². The van der Waals surface area contributed by atoms with Gasteiger partial charge in [0, 0.05) is 18.7 Å². The van der Waals surface area contributed by atoms with Crippen LogP contribution < -0.4 is 5.32 Å². The maximum absolute atomic E-state index is 8.85. The van der Waals surface area contributed by atoms with Crippen molar-refractivity contribution in [3.8, 4) is 17.3 Å². The number of benzene rings is 1. The third-order valence-corrected chi connectivity index (χ3v) is 2.93. The highest BCUT2D eigenvalue weighted by Gasteiger charge is 2.20. The molecule has 1 aliphatic heterocycles. The molecule has 0 aliphatic carbocycles. The largest absolute Gasteiger partial charge is 0.312 e. The number of nitrogens with one attached hydrogen (secondary N) is 1. The molecule has 1 aromatic heterocycles. The lowest BCUT2D eigenvalue weighted by Gasteiger charge is -2.26. The van der Waals surface area contributed by atoms with E-state index >= 15 is 0 Å². The predicted octanol–water partition coefficient (Wildman–Crippen LogP) is 0.961. The average Bonchev–Trinajstić information content (AvgIpc) is 2.76. The minimum atomic E-state index is 0.412. The molecule has 1 saturated heterocycles. The van der Waals surface area contributed by atoms with Gasteiger partial charge < -0.3 is 5.32 Å². The molecule has 2 heterocycles. The molecule has 5 nitrogen and oxygen atoms in total. The van der Waals surface area contributed by atoms with Gasteiger partial charge in [-0.3, -0.25) is 0 Å². The monoisotopic (exact) mass is 225 g/mol. The SMILES string of the molecule is N#Cc1cccc(-c2cn(C3CNC3)nn2)c1. The van der Waals surface area contributed by atoms with Crippen LogP contribution in [0.4, 0.5) is 0 Å². The lowest BCUT2D eigenvalue weighted by atomic mass is 10.1. The van der Waals surface area contributed by atoms with E-state index < -0.39 is 0 Å². The third-order valence-electron chi connectivity index (χ3n) is 2.93. The van der Waals surface area contributed by atoms with Crippen molar-refractivity contribution in [2.24, 2.45) is 0 Å². The van der Waals surface area contributed by atoms with Crippen molar-refractivity contribution in [2.75, 3.05) is 13.1 Å². The quantitative estimate of drug-likeness (QED) is 0.826. The van der Waals surface area contributed by atoms with Gasteiger partial charge in [0.05, 0.1) is 23.9 Å². The van der Waals surface area contributed by atoms with Crippen LogP contribution in [0.1, 0.15) is 11.6 Å². The molecule has 1 N–H and O–H groups in total. The van der Waals surface area contributed by atoms with Gasteiger partial charge in [-0.1, -0.05) is 17.3 Å². The van der Waals surface area contributed by atoms with Crippen LogP contribution in [0.25, 0.3) is 11.3 Å². The summed E-state index contributed by atoms with van der Waals surface area (Å²) in [5, 5.41) is 20.3. The van der Waals surface area contributed by atoms with E-state index in [9.17, 15) is 0 Å². The summed E-state index contributed by atoms with van der Waals surface area (Å²) in [5.74, 6) is 0. The van der Waals surface area contributed by atoms with Gasteiger partial charge in [-0.05, 0) is 12.1 Å². The fraction of sp³-hybridized carbons (Fsp3) is 0.250. The Morgan fingerprint density at radius 3 is 3.00 bits per heavy atom. The van der Waals surface area contributed by atoms with E-state index in [1.807, 2.05) is 29.1 Å². The van der Waals surface area contributed by atoms with Gasteiger partial charge in [-0.25, -0.2) is 4.68 Å². The van der Waals surface area contributed by atoms with Gasteiger partial charge >= 0.3 is 0 Å². The summed E-state index contributed by atoms with van der Waals surface area (Å²) in [6.07, 6.45) is 1.93. The number of nitrogens with zero attached hydrogens (tertiary/aromatic N) is 4. The van der Waals surface area contributed by atoms with E-state index in [1.165, 1.54) is 0 Å². The standard InChI is InChI=1S/C12H11N5/c13-5-9-2-1-3-10(4-9)12-8-17(16-15-12)11-6-14-7-11/h1-4,8,11,14H,6-7H2. The first-order valence-corrected chi connectivity index (χ1v) is 5.50. The Morgan fingerprint density at radius 2 is 2.29 bits per heavy atom. The van der Waals surface area contributed by atoms with Crippen molar-refractivity contribution >= 4 is 0 Å². The lowest BCUT2D eigenvalue weighted by molar-refractivity contribution is 0.313. The van der Waals surface area contributed by atoms with E-state index in [2.05, 4.69) is 21.7 Å². The van der Waals surface area contributed by atoms with Crippen molar-refractivity contribution in [3.63, 3.8) is 0 Å². The van der Waals surface area contributed by atoms with Gasteiger partial charge in [0.1, 0.15) is 5.69 Å². The summed E-state index contributed by atoms with van der Waals surface area (Å²) in [6, 6.07) is 9.94. The molecule has 1 aromatic carbocycles. The lowest BCUT2D eigenvalue weighted by Crippen LogP contribution is -2.43. The van der Waals surface area contributed by atoms with Gasteiger partial charge in [-0.2, -0.15) is 5.26 Å². The van der Waals surface area contributed by atoms with Crippen LogP contribution in [0, 0.1) is 11.3 Å². The summed E-state index contributed by atoms with van der Waals surface area (Å²) in [5.41, 5.74) is 2.39. The molecular formula is C12H11N5. The fourth-order valence-electron chi connectivity index (χ4n) is 1.80. The third kappa shape index (κ3) is 1.79. The van der Waals surface area contributed by atoms with Gasteiger partial charge in [0.25, 0.3) is 0 Å². The molecule has 0 atom stereocenters. The van der Waals surface area contributed by atoms with Crippen molar-refractivity contribution in [3.05, 3.63) is 36.0 Å². The first-order chi connectivity index (χ1) is 8.36. The molecule has 0 bridgehead atoms. The molecule has 17 heavy (non-hydrogen) atoms. The van der Waals surface area contributed by atoms with Crippen LogP contribution in [0.15, 0.2) is 30.5 Å². The van der Waals surface area contributed by atoms with Crippen molar-refractivity contribution in [1.82, 2.24) is 20.3 Å². The smallest absolute Gasteiger partial charge is 0.113 e. The highest BCUT2D eigenvalue weighted by Crippen LogP contribution is 2.19. The molecule has 1 fully saturated rings. The van der Waals surface area contributed by atoms with Crippen molar-refractivity contribution in [1.29, 1.82) is 5.26 Å². The Labute approximate surface area is 98.7 Å². The molecule has 0 spiro atoms. The molecule has 0 radical (unpaired) electrons. The van der Waals surface area contributed by atoms with E-state index in [1.54, 1.807) is 6.07 Å². The molecule has 2 aromatic rings. The number of nitriles is 1. The van der Waals surface area contributed by atoms with Crippen LogP contribution in [0.3, 0.4) is 0 Å². The Balaban J connectivity index is 1.92. The average molecular weight is 225 g/mol. The fourth-order valence-corrected chi connectivity index (χ4v) is 1.80. The highest BCUT2D eigenvalue weighted by atomic mass is 15.4. The zero-order chi connectivity index (χ0) is 11.7. The molecule has 0 saturated carbocycles. The minimum absolute atomic E-state index is 0.412. The first-order valence-electron chi connectivity index (χ1n) is 5.50. The zero-order valence-electron chi connectivity index (χ0n) is 9.17. The van der Waals surface area contributed by atoms with Crippen molar-refractivity contribution in [2.45, 2.75) is 6.04 Å². The summed E-state index contributed by atoms with van der Waals surface area (Å²) >= 11 is 0. The Kier molecular flexibility index (Phi) is 2.35. The van der Waals surface area contributed by atoms with Crippen LogP contribution in [0.5, 0.6) is 0 Å². The Hall–Kier alpha value is -2.19. The zero-order valence-corrected chi connectivity index (χ0v) is 9.17. The summed E-state index contributed by atoms with van der Waals surface area (Å²) in [4.78, 5) is 0. The Bertz CT molecular complexity index is 577. The topological polar surface area (TPSA) is 66.5 Å². The van der Waals surface area contributed by atoms with Crippen LogP contribution in [-0.2, 0) is 0 Å². The van der Waals surface area contributed by atoms with E-state index in [4.69, 9.17) is 5.26 Å². The number of hydrogen-bond acceptors (Lipinski definition) is 4. The maximum atomic E-state index is 8.85. The molecule has 5 heteroatoms. The highest BCUT2D eigenvalue weighted by molar-refractivity contribution is 5.60. The molecular weight excluding hydrogens is 214 g/mol. The van der Waals surface area contributed by atoms with E-state index in [0.717, 1.165) is 24.3 Å². The second kappa shape index (κ2) is 4.00. The Morgan fingerprint density at radius 1 is 1.41 bits per heavy atom. The van der Waals surface area contributed by atoms with Crippen LogP contribution >= 0.6 is 0 Å². The summed E-state index contributed by atoms with van der Waals surface area (Å²) in [6.45, 7) is 1.89. The number of rotatable bonds is 2. The first kappa shape index (κ1) is 10.00. The second-order valence-electron chi connectivity index (χ2n) is 4.09. The summed E-state index contributed by atoms with van der Waals surface area (Å²) in [7, 11) is 0. The minimum Gasteiger partial charge on any atom is -0.312 e. The summed E-state index contributed by atoms with van der Waals surface area (Å²) < 4.78 is 1.88. The normalized spacial score (nSPS) is 15.2. The molecule has 0 unspecified atom stereocenters. The predicted molar refractivity (Wildman–Crippen MR) is 62.1 cm³/mol. The van der Waals surface area contributed by atoms with Gasteiger partial charge in [0.15, 0.2) is 0 Å². The van der Waals surface area contributed by atoms with E-state index in [-0.39, 0.29) is 0 Å². The molecule has 84 valence electrons. The molecule has 1 aliphatic rings. The second-order valence-corrected chi connectivity index (χ2v) is 4.09. The molecule has 3 rings (SSSR count). The van der Waals surface area contributed by atoms with Gasteiger partial charge in [-0.15, -0.1) is 5.10 Å². The van der Waals surface area contributed by atoms with E-state index in [0.29, 0.717) is 11.6 Å². The van der Waals surface area contributed by atoms with Gasteiger partial charge in [0.2, 0.25) is 0 Å². The van der Waals surface area contributed by atoms with Crippen molar-refractivity contribution < 1.29 is 0 Å². The maximum Gasteiger partial charge on any atom is 0.113 e. The van der Waals surface area contributed by atoms with Crippen LogP contribution in [-0.4, -0.2) is 28.1 Å².